The summed E-state index contributed by atoms with van der Waals surface area (Å²) in [4.78, 5) is 12.8. The van der Waals surface area contributed by atoms with Crippen molar-refractivity contribution in [3.63, 3.8) is 0 Å². The molecular weight excluding hydrogens is 322 g/mol. The Bertz CT molecular complexity index is 1130. The molecule has 1 amide bonds. The minimum atomic E-state index is -0.146. The minimum absolute atomic E-state index is 0.0532. The molecule has 1 aliphatic carbocycles. The van der Waals surface area contributed by atoms with E-state index in [1.54, 1.807) is 0 Å². The molecule has 0 spiro atoms. The van der Waals surface area contributed by atoms with Gasteiger partial charge in [-0.1, -0.05) is 54.6 Å². The highest BCUT2D eigenvalue weighted by Crippen LogP contribution is 2.31. The molecule has 5 rings (SSSR count). The number of hydrogen-bond acceptors (Lipinski definition) is 2. The van der Waals surface area contributed by atoms with E-state index in [1.807, 2.05) is 36.4 Å². The van der Waals surface area contributed by atoms with Crippen molar-refractivity contribution in [2.45, 2.75) is 25.3 Å². The number of fused-ring (bicyclic) bond motifs is 4. The molecule has 3 heteroatoms. The zero-order chi connectivity index (χ0) is 17.5. The molecule has 0 saturated carbocycles. The van der Waals surface area contributed by atoms with Crippen LogP contribution in [0.3, 0.4) is 0 Å². The van der Waals surface area contributed by atoms with Crippen molar-refractivity contribution < 1.29 is 9.21 Å². The van der Waals surface area contributed by atoms with Crippen molar-refractivity contribution in [3.8, 4) is 0 Å². The lowest BCUT2D eigenvalue weighted by Crippen LogP contribution is -2.30. The van der Waals surface area contributed by atoms with Crippen molar-refractivity contribution >= 4 is 27.6 Å². The fraction of sp³-hybridized carbons (Fsp3) is 0.174. The van der Waals surface area contributed by atoms with Gasteiger partial charge in [-0.15, -0.1) is 0 Å². The van der Waals surface area contributed by atoms with E-state index in [1.165, 1.54) is 11.1 Å². The number of rotatable bonds is 2. The van der Waals surface area contributed by atoms with Gasteiger partial charge in [0.25, 0.3) is 5.91 Å². The number of aryl methyl sites for hydroxylation is 1. The van der Waals surface area contributed by atoms with E-state index in [4.69, 9.17) is 4.42 Å². The zero-order valence-corrected chi connectivity index (χ0v) is 14.4. The van der Waals surface area contributed by atoms with Gasteiger partial charge in [-0.05, 0) is 53.3 Å². The molecule has 4 aromatic rings. The summed E-state index contributed by atoms with van der Waals surface area (Å²) in [6.07, 6.45) is 3.14. The second-order valence-electron chi connectivity index (χ2n) is 6.93. The molecule has 1 aromatic heterocycles. The van der Waals surface area contributed by atoms with Gasteiger partial charge < -0.3 is 9.73 Å². The number of furan rings is 1. The first-order valence-electron chi connectivity index (χ1n) is 9.09. The van der Waals surface area contributed by atoms with Crippen molar-refractivity contribution in [2.24, 2.45) is 0 Å². The van der Waals surface area contributed by atoms with Crippen molar-refractivity contribution in [1.29, 1.82) is 0 Å². The van der Waals surface area contributed by atoms with Gasteiger partial charge in [0.05, 0.1) is 6.04 Å². The Kier molecular flexibility index (Phi) is 3.52. The monoisotopic (exact) mass is 341 g/mol. The summed E-state index contributed by atoms with van der Waals surface area (Å²) in [6, 6.07) is 22.4. The molecule has 0 bridgehead atoms. The lowest BCUT2D eigenvalue weighted by Gasteiger charge is -2.25. The minimum Gasteiger partial charge on any atom is -0.451 e. The van der Waals surface area contributed by atoms with Crippen LogP contribution in [0.1, 0.15) is 40.6 Å². The molecule has 128 valence electrons. The molecule has 3 nitrogen and oxygen atoms in total. The maximum Gasteiger partial charge on any atom is 0.287 e. The normalized spacial score (nSPS) is 16.5. The summed E-state index contributed by atoms with van der Waals surface area (Å²) in [7, 11) is 0. The van der Waals surface area contributed by atoms with Crippen LogP contribution in [0.15, 0.2) is 71.1 Å². The molecule has 3 aromatic carbocycles. The Morgan fingerprint density at radius 3 is 2.77 bits per heavy atom. The SMILES string of the molecule is O=C(NC1CCCc2ccccc21)c1cc2c(ccc3ccccc32)o1. The van der Waals surface area contributed by atoms with Gasteiger partial charge >= 0.3 is 0 Å². The van der Waals surface area contributed by atoms with E-state index in [0.29, 0.717) is 5.76 Å². The zero-order valence-electron chi connectivity index (χ0n) is 14.4. The molecule has 1 heterocycles. The van der Waals surface area contributed by atoms with Gasteiger partial charge in [0.2, 0.25) is 0 Å². The van der Waals surface area contributed by atoms with E-state index in [9.17, 15) is 4.79 Å². The van der Waals surface area contributed by atoms with E-state index in [2.05, 4.69) is 35.6 Å². The number of benzene rings is 3. The highest BCUT2D eigenvalue weighted by atomic mass is 16.3. The van der Waals surface area contributed by atoms with Crippen LogP contribution in [0, 0.1) is 0 Å². The maximum atomic E-state index is 12.8. The van der Waals surface area contributed by atoms with Gasteiger partial charge in [-0.2, -0.15) is 0 Å². The second kappa shape index (κ2) is 6.03. The largest absolute Gasteiger partial charge is 0.451 e. The lowest BCUT2D eigenvalue weighted by atomic mass is 9.88. The van der Waals surface area contributed by atoms with E-state index in [0.717, 1.165) is 41.0 Å². The topological polar surface area (TPSA) is 42.2 Å². The first-order valence-corrected chi connectivity index (χ1v) is 9.09. The average molecular weight is 341 g/mol. The number of carbonyl (C=O) groups is 1. The number of amides is 1. The van der Waals surface area contributed by atoms with Gasteiger partial charge in [0, 0.05) is 5.39 Å². The highest BCUT2D eigenvalue weighted by molar-refractivity contribution is 6.08. The van der Waals surface area contributed by atoms with Crippen LogP contribution in [-0.2, 0) is 6.42 Å². The quantitative estimate of drug-likeness (QED) is 0.531. The molecule has 1 unspecified atom stereocenters. The predicted molar refractivity (Wildman–Crippen MR) is 103 cm³/mol. The summed E-state index contributed by atoms with van der Waals surface area (Å²) in [6.45, 7) is 0. The molecule has 1 aliphatic rings. The third-order valence-corrected chi connectivity index (χ3v) is 5.32. The lowest BCUT2D eigenvalue weighted by molar-refractivity contribution is 0.0907. The Balaban J connectivity index is 1.49. The third-order valence-electron chi connectivity index (χ3n) is 5.32. The third kappa shape index (κ3) is 2.48. The van der Waals surface area contributed by atoms with E-state index in [-0.39, 0.29) is 11.9 Å². The van der Waals surface area contributed by atoms with Crippen LogP contribution in [0.2, 0.25) is 0 Å². The molecule has 0 radical (unpaired) electrons. The second-order valence-corrected chi connectivity index (χ2v) is 6.93. The van der Waals surface area contributed by atoms with Crippen molar-refractivity contribution in [1.82, 2.24) is 5.32 Å². The Morgan fingerprint density at radius 1 is 0.962 bits per heavy atom. The van der Waals surface area contributed by atoms with Crippen LogP contribution in [0.4, 0.5) is 0 Å². The van der Waals surface area contributed by atoms with E-state index < -0.39 is 0 Å². The number of hydrogen-bond donors (Lipinski definition) is 1. The molecule has 1 atom stereocenters. The molecule has 1 N–H and O–H groups in total. The summed E-state index contributed by atoms with van der Waals surface area (Å²) < 4.78 is 5.86. The van der Waals surface area contributed by atoms with Crippen LogP contribution in [0.5, 0.6) is 0 Å². The van der Waals surface area contributed by atoms with Crippen LogP contribution in [0.25, 0.3) is 21.7 Å². The fourth-order valence-electron chi connectivity index (χ4n) is 4.04. The summed E-state index contributed by atoms with van der Waals surface area (Å²) in [5.74, 6) is 0.228. The average Bonchev–Trinajstić information content (AvgIpc) is 3.13. The van der Waals surface area contributed by atoms with Gasteiger partial charge in [0.1, 0.15) is 5.58 Å². The van der Waals surface area contributed by atoms with Crippen LogP contribution < -0.4 is 5.32 Å². The first kappa shape index (κ1) is 15.2. The van der Waals surface area contributed by atoms with Crippen molar-refractivity contribution in [3.05, 3.63) is 83.6 Å². The molecule has 0 fully saturated rings. The van der Waals surface area contributed by atoms with Gasteiger partial charge in [-0.25, -0.2) is 0 Å². The Morgan fingerprint density at radius 2 is 1.81 bits per heavy atom. The predicted octanol–water partition coefficient (Wildman–Crippen LogP) is 5.39. The van der Waals surface area contributed by atoms with Gasteiger partial charge in [0.15, 0.2) is 5.76 Å². The van der Waals surface area contributed by atoms with Crippen molar-refractivity contribution in [2.75, 3.05) is 0 Å². The Labute approximate surface area is 151 Å². The molecule has 26 heavy (non-hydrogen) atoms. The number of carbonyl (C=O) groups excluding carboxylic acids is 1. The molecular formula is C23H19NO2. The standard InChI is InChI=1S/C23H19NO2/c25-23(24-20-11-5-8-15-6-2-4-10-18(15)20)22-14-19-17-9-3-1-7-16(17)12-13-21(19)26-22/h1-4,6-7,9-10,12-14,20H,5,8,11H2,(H,24,25). The van der Waals surface area contributed by atoms with E-state index >= 15 is 0 Å². The maximum absolute atomic E-state index is 12.8. The smallest absolute Gasteiger partial charge is 0.287 e. The summed E-state index contributed by atoms with van der Waals surface area (Å²) >= 11 is 0. The molecule has 0 aliphatic heterocycles. The first-order chi connectivity index (χ1) is 12.8. The molecule has 0 saturated heterocycles. The van der Waals surface area contributed by atoms with Gasteiger partial charge in [-0.3, -0.25) is 4.79 Å². The van der Waals surface area contributed by atoms with Crippen LogP contribution in [-0.4, -0.2) is 5.91 Å². The Hall–Kier alpha value is -3.07. The number of nitrogens with one attached hydrogen (secondary N) is 1. The highest BCUT2D eigenvalue weighted by Gasteiger charge is 2.23. The summed E-state index contributed by atoms with van der Waals surface area (Å²) in [5.41, 5.74) is 3.31. The fourth-order valence-corrected chi connectivity index (χ4v) is 4.04. The summed E-state index contributed by atoms with van der Waals surface area (Å²) in [5, 5.41) is 6.41. The van der Waals surface area contributed by atoms with Crippen LogP contribution >= 0.6 is 0 Å².